The molecule has 0 spiro atoms. The lowest BCUT2D eigenvalue weighted by Gasteiger charge is -1.99. The van der Waals surface area contributed by atoms with Gasteiger partial charge in [0, 0.05) is 12.4 Å². The van der Waals surface area contributed by atoms with Gasteiger partial charge in [0.05, 0.1) is 17.3 Å². The molecule has 0 aliphatic carbocycles. The zero-order valence-electron chi connectivity index (χ0n) is 8.65. The zero-order valence-corrected chi connectivity index (χ0v) is 8.65. The minimum Gasteiger partial charge on any atom is -0.387 e. The van der Waals surface area contributed by atoms with E-state index < -0.39 is 6.10 Å². The quantitative estimate of drug-likeness (QED) is 0.746. The molecule has 14 heavy (non-hydrogen) atoms. The number of nitrogens with zero attached hydrogens (tertiary/aromatic N) is 2. The number of rotatable bonds is 1. The molecule has 1 aromatic heterocycles. The topological polar surface area (TPSA) is 38.1 Å². The number of fused-ring (bicyclic) bond motifs is 1. The summed E-state index contributed by atoms with van der Waals surface area (Å²) in [5.41, 5.74) is 3.04. The van der Waals surface area contributed by atoms with Crippen LogP contribution in [0.25, 0.3) is 10.9 Å². The number of aliphatic hydroxyl groups is 1. The van der Waals surface area contributed by atoms with Gasteiger partial charge in [0.1, 0.15) is 0 Å². The second-order valence-electron chi connectivity index (χ2n) is 3.66. The monoisotopic (exact) mass is 190 g/mol. The van der Waals surface area contributed by atoms with Gasteiger partial charge in [-0.25, -0.2) is 0 Å². The van der Waals surface area contributed by atoms with E-state index in [1.54, 1.807) is 6.92 Å². The second-order valence-corrected chi connectivity index (χ2v) is 3.66. The van der Waals surface area contributed by atoms with Crippen molar-refractivity contribution in [3.8, 4) is 0 Å². The van der Waals surface area contributed by atoms with E-state index in [1.807, 2.05) is 23.9 Å². The van der Waals surface area contributed by atoms with E-state index in [4.69, 9.17) is 0 Å². The van der Waals surface area contributed by atoms with Crippen molar-refractivity contribution in [3.63, 3.8) is 0 Å². The Morgan fingerprint density at radius 2 is 2.14 bits per heavy atom. The Balaban J connectivity index is 2.84. The summed E-state index contributed by atoms with van der Waals surface area (Å²) >= 11 is 0. The molecule has 2 aromatic rings. The summed E-state index contributed by atoms with van der Waals surface area (Å²) in [5.74, 6) is 0. The highest BCUT2D eigenvalue weighted by atomic mass is 16.3. The summed E-state index contributed by atoms with van der Waals surface area (Å²) < 4.78 is 1.83. The number of benzene rings is 1. The first-order valence-corrected chi connectivity index (χ1v) is 4.71. The van der Waals surface area contributed by atoms with Gasteiger partial charge in [-0.05, 0) is 19.4 Å². The lowest BCUT2D eigenvalue weighted by molar-refractivity contribution is 0.195. The maximum atomic E-state index is 9.55. The van der Waals surface area contributed by atoms with Crippen LogP contribution >= 0.6 is 0 Å². The molecule has 0 saturated heterocycles. The largest absolute Gasteiger partial charge is 0.387 e. The fourth-order valence-corrected chi connectivity index (χ4v) is 1.87. The standard InChI is InChI=1S/C11H14N2O/c1-7-5-4-6-9-10(8(2)14)12-13(3)11(7)9/h4-6,8,14H,1-3H3. The molecular formula is C11H14N2O. The first kappa shape index (κ1) is 9.21. The predicted molar refractivity (Wildman–Crippen MR) is 56.1 cm³/mol. The van der Waals surface area contributed by atoms with Gasteiger partial charge in [0.2, 0.25) is 0 Å². The van der Waals surface area contributed by atoms with Crippen LogP contribution in [0.1, 0.15) is 24.3 Å². The molecule has 0 saturated carbocycles. The Bertz CT molecular complexity index is 471. The summed E-state index contributed by atoms with van der Waals surface area (Å²) in [6, 6.07) is 6.04. The fraction of sp³-hybridized carbons (Fsp3) is 0.364. The van der Waals surface area contributed by atoms with Crippen LogP contribution in [0.3, 0.4) is 0 Å². The molecule has 0 amide bonds. The van der Waals surface area contributed by atoms with Crippen molar-refractivity contribution in [1.29, 1.82) is 0 Å². The Labute approximate surface area is 83.0 Å². The van der Waals surface area contributed by atoms with Crippen molar-refractivity contribution in [3.05, 3.63) is 29.5 Å². The van der Waals surface area contributed by atoms with Crippen molar-refractivity contribution in [2.75, 3.05) is 0 Å². The summed E-state index contributed by atoms with van der Waals surface area (Å²) in [6.07, 6.45) is -0.513. The second kappa shape index (κ2) is 3.10. The van der Waals surface area contributed by atoms with E-state index in [0.717, 1.165) is 16.6 Å². The molecule has 0 fully saturated rings. The number of aromatic nitrogens is 2. The van der Waals surface area contributed by atoms with Gasteiger partial charge < -0.3 is 5.11 Å². The number of para-hydroxylation sites is 1. The van der Waals surface area contributed by atoms with Crippen LogP contribution in [0.15, 0.2) is 18.2 Å². The SMILES string of the molecule is Cc1cccc2c(C(C)O)nn(C)c12. The zero-order chi connectivity index (χ0) is 10.3. The van der Waals surface area contributed by atoms with Crippen LogP contribution in [-0.4, -0.2) is 14.9 Å². The highest BCUT2D eigenvalue weighted by Gasteiger charge is 2.13. The Morgan fingerprint density at radius 3 is 2.79 bits per heavy atom. The molecule has 74 valence electrons. The summed E-state index contributed by atoms with van der Waals surface area (Å²) in [4.78, 5) is 0. The van der Waals surface area contributed by atoms with Crippen LogP contribution in [-0.2, 0) is 7.05 Å². The van der Waals surface area contributed by atoms with Crippen molar-refractivity contribution < 1.29 is 5.11 Å². The summed E-state index contributed by atoms with van der Waals surface area (Å²) in [5, 5.41) is 14.9. The molecule has 0 aliphatic heterocycles. The molecular weight excluding hydrogens is 176 g/mol. The maximum absolute atomic E-state index is 9.55. The number of aliphatic hydroxyl groups excluding tert-OH is 1. The molecule has 0 aliphatic rings. The van der Waals surface area contributed by atoms with E-state index in [2.05, 4.69) is 18.1 Å². The van der Waals surface area contributed by atoms with Gasteiger partial charge in [-0.15, -0.1) is 0 Å². The molecule has 1 N–H and O–H groups in total. The number of hydrogen-bond acceptors (Lipinski definition) is 2. The highest BCUT2D eigenvalue weighted by Crippen LogP contribution is 2.25. The molecule has 1 heterocycles. The van der Waals surface area contributed by atoms with Crippen LogP contribution in [0, 0.1) is 6.92 Å². The average Bonchev–Trinajstić information content (AvgIpc) is 2.45. The molecule has 1 atom stereocenters. The van der Waals surface area contributed by atoms with Crippen LogP contribution in [0.4, 0.5) is 0 Å². The van der Waals surface area contributed by atoms with E-state index in [-0.39, 0.29) is 0 Å². The smallest absolute Gasteiger partial charge is 0.0985 e. The molecule has 0 radical (unpaired) electrons. The van der Waals surface area contributed by atoms with Gasteiger partial charge in [0.25, 0.3) is 0 Å². The van der Waals surface area contributed by atoms with Crippen LogP contribution < -0.4 is 0 Å². The van der Waals surface area contributed by atoms with Crippen molar-refractivity contribution >= 4 is 10.9 Å². The van der Waals surface area contributed by atoms with Crippen molar-refractivity contribution in [1.82, 2.24) is 9.78 Å². The van der Waals surface area contributed by atoms with Crippen LogP contribution in [0.5, 0.6) is 0 Å². The number of hydrogen-bond donors (Lipinski definition) is 1. The summed E-state index contributed by atoms with van der Waals surface area (Å²) in [7, 11) is 1.90. The normalized spacial score (nSPS) is 13.4. The lowest BCUT2D eigenvalue weighted by Crippen LogP contribution is -1.95. The molecule has 1 aromatic carbocycles. The van der Waals surface area contributed by atoms with Crippen molar-refractivity contribution in [2.45, 2.75) is 20.0 Å². The Kier molecular flexibility index (Phi) is 2.04. The lowest BCUT2D eigenvalue weighted by atomic mass is 10.1. The van der Waals surface area contributed by atoms with E-state index in [9.17, 15) is 5.11 Å². The third-order valence-corrected chi connectivity index (χ3v) is 2.49. The minimum atomic E-state index is -0.513. The number of aryl methyl sites for hydroxylation is 2. The van der Waals surface area contributed by atoms with Gasteiger partial charge in [-0.1, -0.05) is 18.2 Å². The molecule has 1 unspecified atom stereocenters. The molecule has 2 rings (SSSR count). The van der Waals surface area contributed by atoms with E-state index in [0.29, 0.717) is 0 Å². The molecule has 3 nitrogen and oxygen atoms in total. The van der Waals surface area contributed by atoms with E-state index in [1.165, 1.54) is 5.56 Å². The molecule has 0 bridgehead atoms. The Morgan fingerprint density at radius 1 is 1.43 bits per heavy atom. The fourth-order valence-electron chi connectivity index (χ4n) is 1.87. The summed E-state index contributed by atoms with van der Waals surface area (Å²) in [6.45, 7) is 3.79. The van der Waals surface area contributed by atoms with Crippen LogP contribution in [0.2, 0.25) is 0 Å². The van der Waals surface area contributed by atoms with Gasteiger partial charge in [0.15, 0.2) is 0 Å². The Hall–Kier alpha value is -1.35. The highest BCUT2D eigenvalue weighted by molar-refractivity contribution is 5.85. The minimum absolute atomic E-state index is 0.513. The average molecular weight is 190 g/mol. The first-order chi connectivity index (χ1) is 6.61. The van der Waals surface area contributed by atoms with Gasteiger partial charge in [-0.2, -0.15) is 5.10 Å². The first-order valence-electron chi connectivity index (χ1n) is 4.71. The maximum Gasteiger partial charge on any atom is 0.0985 e. The third-order valence-electron chi connectivity index (χ3n) is 2.49. The van der Waals surface area contributed by atoms with E-state index >= 15 is 0 Å². The van der Waals surface area contributed by atoms with Crippen molar-refractivity contribution in [2.24, 2.45) is 7.05 Å². The third kappa shape index (κ3) is 1.21. The van der Waals surface area contributed by atoms with Gasteiger partial charge >= 0.3 is 0 Å². The predicted octanol–water partition coefficient (Wildman–Crippen LogP) is 1.94. The molecule has 3 heteroatoms. The van der Waals surface area contributed by atoms with Gasteiger partial charge in [-0.3, -0.25) is 4.68 Å².